The summed E-state index contributed by atoms with van der Waals surface area (Å²) < 4.78 is 4.90. The maximum Gasteiger partial charge on any atom is 0.176 e. The van der Waals surface area contributed by atoms with E-state index in [0.29, 0.717) is 0 Å². The van der Waals surface area contributed by atoms with Gasteiger partial charge in [0.2, 0.25) is 0 Å². The minimum absolute atomic E-state index is 0.0731. The number of hydrogen-bond acceptors (Lipinski definition) is 6. The second kappa shape index (κ2) is 4.19. The molecular weight excluding hydrogens is 204 g/mol. The predicted molar refractivity (Wildman–Crippen MR) is 50.3 cm³/mol. The van der Waals surface area contributed by atoms with Crippen molar-refractivity contribution < 1.29 is 30.3 Å². The lowest BCUT2D eigenvalue weighted by Crippen LogP contribution is -2.50. The van der Waals surface area contributed by atoms with E-state index in [1.165, 1.54) is 0 Å². The average molecular weight is 218 g/mol. The van der Waals surface area contributed by atoms with Crippen molar-refractivity contribution in [3.05, 3.63) is 23.7 Å². The van der Waals surface area contributed by atoms with Crippen molar-refractivity contribution in [2.75, 3.05) is 19.8 Å². The molecular formula is C9H14O6. The molecule has 2 unspecified atom stereocenters. The maximum absolute atomic E-state index is 9.83. The molecule has 0 spiro atoms. The largest absolute Gasteiger partial charge is 0.506 e. The summed E-state index contributed by atoms with van der Waals surface area (Å²) in [6.07, 6.45) is -1.65. The monoisotopic (exact) mass is 218 g/mol. The molecule has 1 aliphatic rings. The fourth-order valence-corrected chi connectivity index (χ4v) is 1.24. The summed E-state index contributed by atoms with van der Waals surface area (Å²) in [5.41, 5.74) is -2.12. The highest BCUT2D eigenvalue weighted by Crippen LogP contribution is 2.27. The quantitative estimate of drug-likeness (QED) is 0.406. The van der Waals surface area contributed by atoms with Gasteiger partial charge in [0.1, 0.15) is 6.10 Å². The lowest BCUT2D eigenvalue weighted by molar-refractivity contribution is -0.124. The maximum atomic E-state index is 9.83. The van der Waals surface area contributed by atoms with Crippen molar-refractivity contribution in [2.45, 2.75) is 11.7 Å². The molecule has 6 nitrogen and oxygen atoms in total. The van der Waals surface area contributed by atoms with Crippen LogP contribution in [-0.4, -0.2) is 57.1 Å². The number of aliphatic hydroxyl groups excluding tert-OH is 4. The Balaban J connectivity index is 3.12. The van der Waals surface area contributed by atoms with Crippen LogP contribution in [0.5, 0.6) is 0 Å². The molecule has 0 aromatic rings. The van der Waals surface area contributed by atoms with Crippen LogP contribution in [0.3, 0.4) is 0 Å². The first-order valence-electron chi connectivity index (χ1n) is 4.33. The van der Waals surface area contributed by atoms with E-state index in [9.17, 15) is 20.4 Å². The van der Waals surface area contributed by atoms with Gasteiger partial charge in [0.15, 0.2) is 17.1 Å². The van der Waals surface area contributed by atoms with Crippen molar-refractivity contribution in [3.8, 4) is 0 Å². The predicted octanol–water partition coefficient (Wildman–Crippen LogP) is -1.02. The molecule has 6 heteroatoms. The Kier molecular flexibility index (Phi) is 3.35. The molecule has 0 saturated carbocycles. The first kappa shape index (κ1) is 12.0. The molecule has 0 bridgehead atoms. The van der Waals surface area contributed by atoms with E-state index in [-0.39, 0.29) is 12.2 Å². The molecule has 1 aliphatic heterocycles. The number of ether oxygens (including phenoxy) is 1. The van der Waals surface area contributed by atoms with Gasteiger partial charge in [0.05, 0.1) is 19.8 Å². The molecule has 86 valence electrons. The van der Waals surface area contributed by atoms with Gasteiger partial charge < -0.3 is 30.3 Å². The Morgan fingerprint density at radius 2 is 2.07 bits per heavy atom. The third-order valence-corrected chi connectivity index (χ3v) is 2.29. The summed E-state index contributed by atoms with van der Waals surface area (Å²) in [4.78, 5) is 0. The Morgan fingerprint density at radius 1 is 1.47 bits per heavy atom. The topological polar surface area (TPSA) is 110 Å². The van der Waals surface area contributed by atoms with Gasteiger partial charge in [0, 0.05) is 5.57 Å². The first-order valence-corrected chi connectivity index (χ1v) is 4.33. The Labute approximate surface area is 86.4 Å². The van der Waals surface area contributed by atoms with Crippen LogP contribution < -0.4 is 0 Å². The van der Waals surface area contributed by atoms with Crippen LogP contribution in [0.4, 0.5) is 0 Å². The second-order valence-corrected chi connectivity index (χ2v) is 3.42. The number of hydrogen-bond donors (Lipinski definition) is 5. The van der Waals surface area contributed by atoms with Crippen molar-refractivity contribution in [1.29, 1.82) is 0 Å². The van der Waals surface area contributed by atoms with Gasteiger partial charge in [-0.2, -0.15) is 0 Å². The highest BCUT2D eigenvalue weighted by Gasteiger charge is 2.44. The SMILES string of the molecule is C=C1COCC(O)(C(O)CO)C(O)=C1O. The van der Waals surface area contributed by atoms with Crippen LogP contribution >= 0.6 is 0 Å². The van der Waals surface area contributed by atoms with Gasteiger partial charge in [-0.3, -0.25) is 0 Å². The van der Waals surface area contributed by atoms with Crippen LogP contribution in [0, 0.1) is 0 Å². The minimum atomic E-state index is -2.21. The van der Waals surface area contributed by atoms with Crippen LogP contribution in [-0.2, 0) is 4.74 Å². The zero-order chi connectivity index (χ0) is 11.6. The van der Waals surface area contributed by atoms with E-state index in [2.05, 4.69) is 6.58 Å². The van der Waals surface area contributed by atoms with Crippen LogP contribution in [0.2, 0.25) is 0 Å². The van der Waals surface area contributed by atoms with E-state index in [0.717, 1.165) is 0 Å². The summed E-state index contributed by atoms with van der Waals surface area (Å²) in [5, 5.41) is 46.8. The number of rotatable bonds is 2. The molecule has 5 N–H and O–H groups in total. The molecule has 1 heterocycles. The summed E-state index contributed by atoms with van der Waals surface area (Å²) in [6.45, 7) is 2.12. The first-order chi connectivity index (χ1) is 6.93. The third kappa shape index (κ3) is 1.98. The van der Waals surface area contributed by atoms with E-state index < -0.39 is 36.4 Å². The van der Waals surface area contributed by atoms with Gasteiger partial charge in [-0.25, -0.2) is 0 Å². The van der Waals surface area contributed by atoms with Crippen molar-refractivity contribution >= 4 is 0 Å². The average Bonchev–Trinajstić information content (AvgIpc) is 2.32. The van der Waals surface area contributed by atoms with Crippen molar-refractivity contribution in [1.82, 2.24) is 0 Å². The molecule has 15 heavy (non-hydrogen) atoms. The van der Waals surface area contributed by atoms with E-state index >= 15 is 0 Å². The van der Waals surface area contributed by atoms with E-state index in [1.54, 1.807) is 0 Å². The zero-order valence-corrected chi connectivity index (χ0v) is 8.05. The van der Waals surface area contributed by atoms with Gasteiger partial charge in [-0.1, -0.05) is 6.58 Å². The van der Waals surface area contributed by atoms with Crippen molar-refractivity contribution in [2.24, 2.45) is 0 Å². The Bertz CT molecular complexity index is 297. The van der Waals surface area contributed by atoms with Crippen LogP contribution in [0.25, 0.3) is 0 Å². The zero-order valence-electron chi connectivity index (χ0n) is 8.05. The smallest absolute Gasteiger partial charge is 0.176 e. The summed E-state index contributed by atoms with van der Waals surface area (Å²) in [7, 11) is 0. The second-order valence-electron chi connectivity index (χ2n) is 3.42. The fraction of sp³-hybridized carbons (Fsp3) is 0.556. The molecule has 0 aromatic heterocycles. The molecule has 0 amide bonds. The third-order valence-electron chi connectivity index (χ3n) is 2.29. The highest BCUT2D eigenvalue weighted by molar-refractivity contribution is 5.31. The summed E-state index contributed by atoms with van der Waals surface area (Å²) >= 11 is 0. The van der Waals surface area contributed by atoms with Crippen molar-refractivity contribution in [3.63, 3.8) is 0 Å². The van der Waals surface area contributed by atoms with E-state index in [1.807, 2.05) is 0 Å². The highest BCUT2D eigenvalue weighted by atomic mass is 16.5. The van der Waals surface area contributed by atoms with Gasteiger partial charge in [0.25, 0.3) is 0 Å². The molecule has 1 rings (SSSR count). The molecule has 0 aliphatic carbocycles. The Hall–Kier alpha value is -1.08. The molecule has 0 radical (unpaired) electrons. The normalized spacial score (nSPS) is 30.2. The van der Waals surface area contributed by atoms with Crippen LogP contribution in [0.15, 0.2) is 23.7 Å². The molecule has 0 fully saturated rings. The fourth-order valence-electron chi connectivity index (χ4n) is 1.24. The summed E-state index contributed by atoms with van der Waals surface area (Å²) in [5.74, 6) is -1.46. The lowest BCUT2D eigenvalue weighted by atomic mass is 9.94. The standard InChI is InChI=1S/C9H14O6/c1-5-3-15-4-9(14,6(11)2-10)8(13)7(5)12/h6,10-14H,1-4H2. The molecule has 0 aromatic carbocycles. The minimum Gasteiger partial charge on any atom is -0.506 e. The van der Waals surface area contributed by atoms with Gasteiger partial charge in [-0.05, 0) is 0 Å². The van der Waals surface area contributed by atoms with Gasteiger partial charge >= 0.3 is 0 Å². The summed E-state index contributed by atoms with van der Waals surface area (Å²) in [6, 6.07) is 0. The molecule has 0 saturated heterocycles. The van der Waals surface area contributed by atoms with Crippen LogP contribution in [0.1, 0.15) is 0 Å². The molecule has 2 atom stereocenters. The lowest BCUT2D eigenvalue weighted by Gasteiger charge is -2.29. The van der Waals surface area contributed by atoms with Gasteiger partial charge in [-0.15, -0.1) is 0 Å². The number of aliphatic hydroxyl groups is 5. The Morgan fingerprint density at radius 3 is 2.60 bits per heavy atom. The van der Waals surface area contributed by atoms with E-state index in [4.69, 9.17) is 9.84 Å².